The molecule has 1 aromatic rings. The topological polar surface area (TPSA) is 57.5 Å². The third kappa shape index (κ3) is 3.12. The smallest absolute Gasteiger partial charge is 0.419 e. The highest BCUT2D eigenvalue weighted by Crippen LogP contribution is 2.37. The zero-order valence-corrected chi connectivity index (χ0v) is 8.95. The minimum atomic E-state index is -4.65. The average molecular weight is 248 g/mol. The molecule has 6 heteroatoms. The SMILES string of the molecule is CC(Cc1cccc(C(F)(F)F)c1O)C(=O)O. The van der Waals surface area contributed by atoms with E-state index in [9.17, 15) is 23.1 Å². The van der Waals surface area contributed by atoms with Gasteiger partial charge in [-0.15, -0.1) is 0 Å². The Morgan fingerprint density at radius 3 is 2.47 bits per heavy atom. The minimum absolute atomic E-state index is 0.0188. The number of phenolic OH excluding ortho intramolecular Hbond substituents is 1. The van der Waals surface area contributed by atoms with Crippen molar-refractivity contribution in [2.45, 2.75) is 19.5 Å². The summed E-state index contributed by atoms with van der Waals surface area (Å²) in [6.07, 6.45) is -4.79. The van der Waals surface area contributed by atoms with Crippen molar-refractivity contribution in [1.82, 2.24) is 0 Å². The summed E-state index contributed by atoms with van der Waals surface area (Å²) in [7, 11) is 0. The predicted molar refractivity (Wildman–Crippen MR) is 53.6 cm³/mol. The van der Waals surface area contributed by atoms with Crippen LogP contribution in [0.15, 0.2) is 18.2 Å². The van der Waals surface area contributed by atoms with E-state index < -0.39 is 29.4 Å². The van der Waals surface area contributed by atoms with Crippen molar-refractivity contribution in [3.63, 3.8) is 0 Å². The molecule has 17 heavy (non-hydrogen) atoms. The van der Waals surface area contributed by atoms with Gasteiger partial charge < -0.3 is 10.2 Å². The van der Waals surface area contributed by atoms with E-state index >= 15 is 0 Å². The molecule has 0 aliphatic heterocycles. The third-order valence-electron chi connectivity index (χ3n) is 2.37. The molecular weight excluding hydrogens is 237 g/mol. The molecule has 0 amide bonds. The summed E-state index contributed by atoms with van der Waals surface area (Å²) in [5, 5.41) is 18.1. The first-order chi connectivity index (χ1) is 7.73. The molecule has 0 aliphatic carbocycles. The van der Waals surface area contributed by atoms with Crippen molar-refractivity contribution in [1.29, 1.82) is 0 Å². The highest BCUT2D eigenvalue weighted by molar-refractivity contribution is 5.70. The Balaban J connectivity index is 3.07. The van der Waals surface area contributed by atoms with Crippen LogP contribution in [0.5, 0.6) is 5.75 Å². The van der Waals surface area contributed by atoms with E-state index in [1.54, 1.807) is 0 Å². The molecule has 94 valence electrons. The summed E-state index contributed by atoms with van der Waals surface area (Å²) in [5.41, 5.74) is -1.16. The molecule has 0 saturated carbocycles. The molecule has 0 heterocycles. The lowest BCUT2D eigenvalue weighted by atomic mass is 9.98. The maximum absolute atomic E-state index is 12.4. The lowest BCUT2D eigenvalue weighted by Gasteiger charge is -2.13. The van der Waals surface area contributed by atoms with E-state index in [0.717, 1.165) is 12.1 Å². The summed E-state index contributed by atoms with van der Waals surface area (Å²) in [6.45, 7) is 1.36. The molecule has 3 nitrogen and oxygen atoms in total. The Bertz CT molecular complexity index is 426. The monoisotopic (exact) mass is 248 g/mol. The number of aromatic hydroxyl groups is 1. The number of hydrogen-bond donors (Lipinski definition) is 2. The first-order valence-corrected chi connectivity index (χ1v) is 4.84. The zero-order valence-electron chi connectivity index (χ0n) is 8.95. The summed E-state index contributed by atoms with van der Waals surface area (Å²) >= 11 is 0. The van der Waals surface area contributed by atoms with Crippen LogP contribution < -0.4 is 0 Å². The highest BCUT2D eigenvalue weighted by atomic mass is 19.4. The number of benzene rings is 1. The van der Waals surface area contributed by atoms with Crippen molar-refractivity contribution >= 4 is 5.97 Å². The molecule has 0 aliphatic rings. The van der Waals surface area contributed by atoms with Gasteiger partial charge in [0.2, 0.25) is 0 Å². The van der Waals surface area contributed by atoms with Crippen LogP contribution in [0.1, 0.15) is 18.1 Å². The fourth-order valence-electron chi connectivity index (χ4n) is 1.40. The van der Waals surface area contributed by atoms with Crippen molar-refractivity contribution in [3.05, 3.63) is 29.3 Å². The van der Waals surface area contributed by atoms with Gasteiger partial charge in [0.05, 0.1) is 11.5 Å². The van der Waals surface area contributed by atoms with E-state index in [4.69, 9.17) is 5.11 Å². The number of carbonyl (C=O) groups is 1. The molecule has 1 atom stereocenters. The van der Waals surface area contributed by atoms with Crippen LogP contribution in [-0.4, -0.2) is 16.2 Å². The first-order valence-electron chi connectivity index (χ1n) is 4.84. The van der Waals surface area contributed by atoms with Crippen LogP contribution in [0.25, 0.3) is 0 Å². The number of carboxylic acid groups (broad SMARTS) is 1. The molecule has 0 bridgehead atoms. The van der Waals surface area contributed by atoms with Crippen LogP contribution >= 0.6 is 0 Å². The Labute approximate surface area is 95.5 Å². The van der Waals surface area contributed by atoms with E-state index in [2.05, 4.69) is 0 Å². The van der Waals surface area contributed by atoms with E-state index in [1.165, 1.54) is 13.0 Å². The van der Waals surface area contributed by atoms with Gasteiger partial charge in [-0.05, 0) is 18.1 Å². The second kappa shape index (κ2) is 4.65. The number of rotatable bonds is 3. The molecule has 0 radical (unpaired) electrons. The van der Waals surface area contributed by atoms with Gasteiger partial charge in [0.15, 0.2) is 0 Å². The molecule has 1 aromatic carbocycles. The molecule has 0 saturated heterocycles. The van der Waals surface area contributed by atoms with Gasteiger partial charge in [-0.2, -0.15) is 13.2 Å². The Kier molecular flexibility index (Phi) is 3.65. The third-order valence-corrected chi connectivity index (χ3v) is 2.37. The summed E-state index contributed by atoms with van der Waals surface area (Å²) < 4.78 is 37.3. The van der Waals surface area contributed by atoms with Crippen molar-refractivity contribution in [3.8, 4) is 5.75 Å². The van der Waals surface area contributed by atoms with Gasteiger partial charge in [0.1, 0.15) is 5.75 Å². The molecule has 0 aromatic heterocycles. The van der Waals surface area contributed by atoms with E-state index in [1.807, 2.05) is 0 Å². The van der Waals surface area contributed by atoms with Crippen LogP contribution in [0.2, 0.25) is 0 Å². The number of carboxylic acids is 1. The number of halogens is 3. The van der Waals surface area contributed by atoms with Crippen LogP contribution in [0, 0.1) is 5.92 Å². The van der Waals surface area contributed by atoms with Gasteiger partial charge in [-0.3, -0.25) is 4.79 Å². The second-order valence-electron chi connectivity index (χ2n) is 3.75. The molecule has 0 spiro atoms. The van der Waals surface area contributed by atoms with Gasteiger partial charge in [0.25, 0.3) is 0 Å². The summed E-state index contributed by atoms with van der Waals surface area (Å²) in [5.74, 6) is -2.88. The number of phenols is 1. The van der Waals surface area contributed by atoms with Crippen LogP contribution in [0.4, 0.5) is 13.2 Å². The Hall–Kier alpha value is -1.72. The van der Waals surface area contributed by atoms with Gasteiger partial charge in [-0.25, -0.2) is 0 Å². The number of hydrogen-bond acceptors (Lipinski definition) is 2. The molecule has 0 fully saturated rings. The fraction of sp³-hybridized carbons (Fsp3) is 0.364. The van der Waals surface area contributed by atoms with Crippen molar-refractivity contribution in [2.24, 2.45) is 5.92 Å². The number of aliphatic carboxylic acids is 1. The highest BCUT2D eigenvalue weighted by Gasteiger charge is 2.34. The van der Waals surface area contributed by atoms with Crippen molar-refractivity contribution < 1.29 is 28.2 Å². The first kappa shape index (κ1) is 13.3. The maximum Gasteiger partial charge on any atom is 0.419 e. The molecule has 2 N–H and O–H groups in total. The Morgan fingerprint density at radius 2 is 2.00 bits per heavy atom. The maximum atomic E-state index is 12.4. The lowest BCUT2D eigenvalue weighted by molar-refractivity contribution is -0.141. The fourth-order valence-corrected chi connectivity index (χ4v) is 1.40. The normalized spacial score (nSPS) is 13.4. The number of para-hydroxylation sites is 1. The minimum Gasteiger partial charge on any atom is -0.507 e. The Morgan fingerprint density at radius 1 is 1.41 bits per heavy atom. The molecule has 1 unspecified atom stereocenters. The zero-order chi connectivity index (χ0) is 13.2. The molecule has 1 rings (SSSR count). The van der Waals surface area contributed by atoms with Crippen molar-refractivity contribution in [2.75, 3.05) is 0 Å². The van der Waals surface area contributed by atoms with Crippen LogP contribution in [-0.2, 0) is 17.4 Å². The summed E-state index contributed by atoms with van der Waals surface area (Å²) in [6, 6.07) is 3.18. The van der Waals surface area contributed by atoms with Crippen LogP contribution in [0.3, 0.4) is 0 Å². The van der Waals surface area contributed by atoms with Gasteiger partial charge in [-0.1, -0.05) is 19.1 Å². The lowest BCUT2D eigenvalue weighted by Crippen LogP contribution is -2.13. The number of alkyl halides is 3. The largest absolute Gasteiger partial charge is 0.507 e. The average Bonchev–Trinajstić information content (AvgIpc) is 2.19. The second-order valence-corrected chi connectivity index (χ2v) is 3.75. The van der Waals surface area contributed by atoms with E-state index in [0.29, 0.717) is 0 Å². The van der Waals surface area contributed by atoms with Gasteiger partial charge >= 0.3 is 12.1 Å². The van der Waals surface area contributed by atoms with E-state index in [-0.39, 0.29) is 12.0 Å². The standard InChI is InChI=1S/C11H11F3O3/c1-6(10(16)17)5-7-3-2-4-8(9(7)15)11(12,13)14/h2-4,6,15H,5H2,1H3,(H,16,17). The predicted octanol–water partition coefficient (Wildman–Crippen LogP) is 2.67. The summed E-state index contributed by atoms with van der Waals surface area (Å²) in [4.78, 5) is 10.6. The molecular formula is C11H11F3O3. The quantitative estimate of drug-likeness (QED) is 0.864. The van der Waals surface area contributed by atoms with Gasteiger partial charge in [0, 0.05) is 0 Å².